The highest BCUT2D eigenvalue weighted by molar-refractivity contribution is 5.79. The lowest BCUT2D eigenvalue weighted by molar-refractivity contribution is 0.0203. The zero-order valence-corrected chi connectivity index (χ0v) is 14.4. The lowest BCUT2D eigenvalue weighted by atomic mass is 10.0. The third kappa shape index (κ3) is 6.13. The molecule has 0 spiro atoms. The molecular formula is C17H33N3O2. The van der Waals surface area contributed by atoms with Crippen molar-refractivity contribution in [3.8, 4) is 0 Å². The van der Waals surface area contributed by atoms with Crippen LogP contribution in [0.3, 0.4) is 0 Å². The molecule has 0 aromatic heterocycles. The molecule has 2 aliphatic rings. The molecule has 2 fully saturated rings. The summed E-state index contributed by atoms with van der Waals surface area (Å²) >= 11 is 0. The summed E-state index contributed by atoms with van der Waals surface area (Å²) in [6.45, 7) is 9.04. The van der Waals surface area contributed by atoms with E-state index in [-0.39, 0.29) is 0 Å². The van der Waals surface area contributed by atoms with Crippen molar-refractivity contribution in [3.63, 3.8) is 0 Å². The van der Waals surface area contributed by atoms with Crippen molar-refractivity contribution in [3.05, 3.63) is 0 Å². The molecule has 5 heteroatoms. The molecule has 0 bridgehead atoms. The predicted molar refractivity (Wildman–Crippen MR) is 90.3 cm³/mol. The van der Waals surface area contributed by atoms with Gasteiger partial charge in [0.15, 0.2) is 5.96 Å². The maximum Gasteiger partial charge on any atom is 0.193 e. The third-order valence-electron chi connectivity index (χ3n) is 4.61. The second-order valence-corrected chi connectivity index (χ2v) is 6.65. The molecule has 0 amide bonds. The summed E-state index contributed by atoms with van der Waals surface area (Å²) in [5.74, 6) is 2.52. The minimum Gasteiger partial charge on any atom is -0.381 e. The van der Waals surface area contributed by atoms with E-state index in [0.29, 0.717) is 5.92 Å². The van der Waals surface area contributed by atoms with Crippen molar-refractivity contribution in [2.45, 2.75) is 39.0 Å². The van der Waals surface area contributed by atoms with Gasteiger partial charge in [-0.1, -0.05) is 6.92 Å². The summed E-state index contributed by atoms with van der Waals surface area (Å²) < 4.78 is 11.2. The van der Waals surface area contributed by atoms with Gasteiger partial charge in [-0.05, 0) is 43.9 Å². The number of aliphatic imine (C=N–C) groups is 1. The average Bonchev–Trinajstić information content (AvgIpc) is 2.55. The third-order valence-corrected chi connectivity index (χ3v) is 4.61. The number of ether oxygens (including phenoxy) is 2. The molecule has 0 aromatic carbocycles. The molecule has 0 saturated carbocycles. The molecule has 1 atom stereocenters. The lowest BCUT2D eigenvalue weighted by Gasteiger charge is -2.33. The van der Waals surface area contributed by atoms with Crippen LogP contribution in [0.1, 0.15) is 39.0 Å². The monoisotopic (exact) mass is 311 g/mol. The molecule has 2 rings (SSSR count). The highest BCUT2D eigenvalue weighted by atomic mass is 16.5. The molecule has 5 nitrogen and oxygen atoms in total. The maximum absolute atomic E-state index is 5.80. The second-order valence-electron chi connectivity index (χ2n) is 6.65. The van der Waals surface area contributed by atoms with Crippen molar-refractivity contribution in [1.29, 1.82) is 0 Å². The van der Waals surface area contributed by atoms with Crippen molar-refractivity contribution < 1.29 is 9.47 Å². The number of hydrogen-bond acceptors (Lipinski definition) is 3. The van der Waals surface area contributed by atoms with E-state index in [2.05, 4.69) is 22.1 Å². The van der Waals surface area contributed by atoms with Crippen LogP contribution in [0.5, 0.6) is 0 Å². The van der Waals surface area contributed by atoms with Crippen molar-refractivity contribution >= 4 is 5.96 Å². The van der Waals surface area contributed by atoms with E-state index in [1.807, 2.05) is 7.05 Å². The molecule has 0 aromatic rings. The summed E-state index contributed by atoms with van der Waals surface area (Å²) in [5.41, 5.74) is 0. The molecule has 1 unspecified atom stereocenters. The smallest absolute Gasteiger partial charge is 0.193 e. The van der Waals surface area contributed by atoms with E-state index in [4.69, 9.17) is 9.47 Å². The van der Waals surface area contributed by atoms with Gasteiger partial charge >= 0.3 is 0 Å². The molecule has 128 valence electrons. The van der Waals surface area contributed by atoms with Gasteiger partial charge in [-0.2, -0.15) is 0 Å². The van der Waals surface area contributed by atoms with Gasteiger partial charge in [0.25, 0.3) is 0 Å². The Balaban J connectivity index is 1.53. The molecule has 2 saturated heterocycles. The molecule has 2 aliphatic heterocycles. The van der Waals surface area contributed by atoms with Gasteiger partial charge in [-0.25, -0.2) is 0 Å². The number of guanidine groups is 1. The fourth-order valence-corrected chi connectivity index (χ4v) is 3.25. The first kappa shape index (κ1) is 17.5. The number of nitrogens with zero attached hydrogens (tertiary/aromatic N) is 2. The highest BCUT2D eigenvalue weighted by Crippen LogP contribution is 2.16. The van der Waals surface area contributed by atoms with Crippen LogP contribution in [0.2, 0.25) is 0 Å². The Bertz CT molecular complexity index is 330. The Morgan fingerprint density at radius 3 is 2.86 bits per heavy atom. The summed E-state index contributed by atoms with van der Waals surface area (Å²) in [7, 11) is 1.88. The Morgan fingerprint density at radius 1 is 1.32 bits per heavy atom. The van der Waals surface area contributed by atoms with Crippen LogP contribution < -0.4 is 5.32 Å². The number of piperidine rings is 1. The Morgan fingerprint density at radius 2 is 2.14 bits per heavy atom. The zero-order chi connectivity index (χ0) is 15.6. The SMILES string of the molecule is CN=C(NCCCOCC1CCOCC1)N1CCCC(C)C1. The maximum atomic E-state index is 5.80. The van der Waals surface area contributed by atoms with E-state index in [1.54, 1.807) is 0 Å². The highest BCUT2D eigenvalue weighted by Gasteiger charge is 2.18. The lowest BCUT2D eigenvalue weighted by Crippen LogP contribution is -2.46. The van der Waals surface area contributed by atoms with Gasteiger partial charge in [0.2, 0.25) is 0 Å². The minimum absolute atomic E-state index is 0.698. The summed E-state index contributed by atoms with van der Waals surface area (Å²) in [4.78, 5) is 6.80. The molecule has 22 heavy (non-hydrogen) atoms. The molecule has 2 heterocycles. The van der Waals surface area contributed by atoms with Crippen LogP contribution in [0.4, 0.5) is 0 Å². The van der Waals surface area contributed by atoms with E-state index in [9.17, 15) is 0 Å². The van der Waals surface area contributed by atoms with Crippen molar-refractivity contribution in [2.24, 2.45) is 16.8 Å². The van der Waals surface area contributed by atoms with E-state index >= 15 is 0 Å². The van der Waals surface area contributed by atoms with Crippen LogP contribution in [-0.2, 0) is 9.47 Å². The van der Waals surface area contributed by atoms with Crippen molar-refractivity contribution in [1.82, 2.24) is 10.2 Å². The second kappa shape index (κ2) is 10.1. The first-order chi connectivity index (χ1) is 10.8. The van der Waals surface area contributed by atoms with E-state index in [0.717, 1.165) is 77.2 Å². The Kier molecular flexibility index (Phi) is 8.02. The van der Waals surface area contributed by atoms with Crippen molar-refractivity contribution in [2.75, 3.05) is 53.1 Å². The topological polar surface area (TPSA) is 46.1 Å². The summed E-state index contributed by atoms with van der Waals surface area (Å²) in [6.07, 6.45) is 5.95. The molecule has 1 N–H and O–H groups in total. The zero-order valence-electron chi connectivity index (χ0n) is 14.4. The van der Waals surface area contributed by atoms with E-state index < -0.39 is 0 Å². The molecule has 0 aliphatic carbocycles. The normalized spacial score (nSPS) is 24.5. The fourth-order valence-electron chi connectivity index (χ4n) is 3.25. The summed E-state index contributed by atoms with van der Waals surface area (Å²) in [6, 6.07) is 0. The summed E-state index contributed by atoms with van der Waals surface area (Å²) in [5, 5.41) is 3.47. The first-order valence-corrected chi connectivity index (χ1v) is 8.90. The van der Waals surface area contributed by atoms with Crippen LogP contribution in [-0.4, -0.2) is 64.0 Å². The molecular weight excluding hydrogens is 278 g/mol. The van der Waals surface area contributed by atoms with Gasteiger partial charge in [0.05, 0.1) is 0 Å². The standard InChI is InChI=1S/C17H33N3O2/c1-15-5-3-9-20(13-15)17(18-2)19-8-4-10-22-14-16-6-11-21-12-7-16/h15-16H,3-14H2,1-2H3,(H,18,19). The van der Waals surface area contributed by atoms with E-state index in [1.165, 1.54) is 12.8 Å². The quantitative estimate of drug-likeness (QED) is 0.464. The average molecular weight is 311 g/mol. The molecule has 0 radical (unpaired) electrons. The Labute approximate surface area is 135 Å². The Hall–Kier alpha value is -0.810. The van der Waals surface area contributed by atoms with Gasteiger partial charge in [0, 0.05) is 53.1 Å². The number of nitrogens with one attached hydrogen (secondary N) is 1. The van der Waals surface area contributed by atoms with Gasteiger partial charge in [0.1, 0.15) is 0 Å². The predicted octanol–water partition coefficient (Wildman–Crippen LogP) is 2.13. The van der Waals surface area contributed by atoms with Gasteiger partial charge < -0.3 is 19.7 Å². The van der Waals surface area contributed by atoms with Crippen LogP contribution in [0, 0.1) is 11.8 Å². The number of likely N-dealkylation sites (tertiary alicyclic amines) is 1. The fraction of sp³-hybridized carbons (Fsp3) is 0.941. The van der Waals surface area contributed by atoms with Gasteiger partial charge in [-0.3, -0.25) is 4.99 Å². The van der Waals surface area contributed by atoms with Crippen LogP contribution in [0.15, 0.2) is 4.99 Å². The number of hydrogen-bond donors (Lipinski definition) is 1. The van der Waals surface area contributed by atoms with Gasteiger partial charge in [-0.15, -0.1) is 0 Å². The largest absolute Gasteiger partial charge is 0.381 e. The van der Waals surface area contributed by atoms with Crippen LogP contribution >= 0.6 is 0 Å². The minimum atomic E-state index is 0.698. The first-order valence-electron chi connectivity index (χ1n) is 8.90. The number of rotatable bonds is 6. The van der Waals surface area contributed by atoms with Crippen LogP contribution in [0.25, 0.3) is 0 Å².